The molecule has 0 saturated carbocycles. The first-order valence-corrected chi connectivity index (χ1v) is 11.7. The molecule has 1 amide bonds. The summed E-state index contributed by atoms with van der Waals surface area (Å²) in [5, 5.41) is 2.83. The van der Waals surface area contributed by atoms with Crippen LogP contribution in [0.3, 0.4) is 0 Å². The summed E-state index contributed by atoms with van der Waals surface area (Å²) in [5.41, 5.74) is 0.201. The number of benzene rings is 2. The van der Waals surface area contributed by atoms with Crippen LogP contribution in [-0.2, 0) is 14.8 Å². The molecular formula is C20H24N2O5S2. The van der Waals surface area contributed by atoms with Crippen LogP contribution in [0.1, 0.15) is 10.4 Å². The predicted molar refractivity (Wildman–Crippen MR) is 112 cm³/mol. The van der Waals surface area contributed by atoms with Crippen molar-refractivity contribution >= 4 is 27.7 Å². The Bertz CT molecular complexity index is 929. The maximum absolute atomic E-state index is 12.9. The van der Waals surface area contributed by atoms with Gasteiger partial charge in [-0.05, 0) is 30.3 Å². The minimum atomic E-state index is -3.69. The van der Waals surface area contributed by atoms with Crippen LogP contribution >= 0.6 is 11.8 Å². The Balaban J connectivity index is 1.68. The molecule has 1 aliphatic heterocycles. The lowest BCUT2D eigenvalue weighted by Gasteiger charge is -2.26. The van der Waals surface area contributed by atoms with Crippen molar-refractivity contribution in [3.05, 3.63) is 54.1 Å². The van der Waals surface area contributed by atoms with Gasteiger partial charge in [0.05, 0.1) is 30.8 Å². The van der Waals surface area contributed by atoms with Crippen molar-refractivity contribution in [2.24, 2.45) is 0 Å². The molecule has 1 N–H and O–H groups in total. The topological polar surface area (TPSA) is 84.9 Å². The Hall–Kier alpha value is -2.07. The number of hydrogen-bond acceptors (Lipinski definition) is 6. The molecule has 0 spiro atoms. The summed E-state index contributed by atoms with van der Waals surface area (Å²) >= 11 is 1.63. The van der Waals surface area contributed by atoms with Gasteiger partial charge in [-0.25, -0.2) is 8.42 Å². The summed E-state index contributed by atoms with van der Waals surface area (Å²) in [6, 6.07) is 14.3. The first-order chi connectivity index (χ1) is 14.0. The third kappa shape index (κ3) is 5.51. The lowest BCUT2D eigenvalue weighted by atomic mass is 10.2. The molecule has 2 aromatic carbocycles. The molecule has 1 saturated heterocycles. The van der Waals surface area contributed by atoms with E-state index in [0.717, 1.165) is 4.90 Å². The number of carbonyl (C=O) groups excluding carboxylic acids is 1. The van der Waals surface area contributed by atoms with Crippen LogP contribution in [0, 0.1) is 0 Å². The molecule has 0 radical (unpaired) electrons. The largest absolute Gasteiger partial charge is 0.496 e. The number of nitrogens with zero attached hydrogens (tertiary/aromatic N) is 1. The second-order valence-electron chi connectivity index (χ2n) is 6.30. The predicted octanol–water partition coefficient (Wildman–Crippen LogP) is 2.24. The minimum absolute atomic E-state index is 0.0732. The SMILES string of the molecule is COc1ccc(S(=O)(=O)N2CCOCC2)cc1C(=O)NCCSc1ccccc1. The number of ether oxygens (including phenoxy) is 2. The molecule has 7 nitrogen and oxygen atoms in total. The van der Waals surface area contributed by atoms with E-state index < -0.39 is 10.0 Å². The van der Waals surface area contributed by atoms with E-state index in [1.807, 2.05) is 30.3 Å². The maximum Gasteiger partial charge on any atom is 0.255 e. The van der Waals surface area contributed by atoms with E-state index >= 15 is 0 Å². The lowest BCUT2D eigenvalue weighted by molar-refractivity contribution is 0.0730. The Kier molecular flexibility index (Phi) is 7.54. The average molecular weight is 437 g/mol. The number of rotatable bonds is 8. The fraction of sp³-hybridized carbons (Fsp3) is 0.350. The van der Waals surface area contributed by atoms with E-state index in [1.54, 1.807) is 11.8 Å². The monoisotopic (exact) mass is 436 g/mol. The van der Waals surface area contributed by atoms with Gasteiger partial charge in [-0.3, -0.25) is 4.79 Å². The molecule has 0 bridgehead atoms. The molecule has 1 fully saturated rings. The molecule has 9 heteroatoms. The summed E-state index contributed by atoms with van der Waals surface area (Å²) in [7, 11) is -2.24. The van der Waals surface area contributed by atoms with Gasteiger partial charge < -0.3 is 14.8 Å². The molecule has 1 aliphatic rings. The molecule has 1 heterocycles. The van der Waals surface area contributed by atoms with Crippen LogP contribution in [-0.4, -0.2) is 64.3 Å². The van der Waals surface area contributed by atoms with Crippen LogP contribution in [0.4, 0.5) is 0 Å². The highest BCUT2D eigenvalue weighted by Crippen LogP contribution is 2.25. The number of sulfonamides is 1. The van der Waals surface area contributed by atoms with E-state index in [-0.39, 0.29) is 16.4 Å². The number of thioether (sulfide) groups is 1. The van der Waals surface area contributed by atoms with Crippen molar-refractivity contribution in [2.75, 3.05) is 45.7 Å². The molecule has 0 unspecified atom stereocenters. The van der Waals surface area contributed by atoms with Gasteiger partial charge in [0.1, 0.15) is 5.75 Å². The molecule has 0 aliphatic carbocycles. The third-order valence-electron chi connectivity index (χ3n) is 4.42. The minimum Gasteiger partial charge on any atom is -0.496 e. The summed E-state index contributed by atoms with van der Waals surface area (Å²) in [6.07, 6.45) is 0. The van der Waals surface area contributed by atoms with Crippen molar-refractivity contribution in [1.82, 2.24) is 9.62 Å². The van der Waals surface area contributed by atoms with Crippen LogP contribution in [0.25, 0.3) is 0 Å². The number of amides is 1. The zero-order valence-corrected chi connectivity index (χ0v) is 17.8. The van der Waals surface area contributed by atoms with Gasteiger partial charge in [-0.1, -0.05) is 18.2 Å². The highest BCUT2D eigenvalue weighted by atomic mass is 32.2. The third-order valence-corrected chi connectivity index (χ3v) is 7.33. The molecule has 3 rings (SSSR count). The zero-order valence-electron chi connectivity index (χ0n) is 16.2. The van der Waals surface area contributed by atoms with E-state index in [4.69, 9.17) is 9.47 Å². The summed E-state index contributed by atoms with van der Waals surface area (Å²) in [6.45, 7) is 1.77. The molecular weight excluding hydrogens is 412 g/mol. The first-order valence-electron chi connectivity index (χ1n) is 9.24. The second kappa shape index (κ2) is 10.1. The highest BCUT2D eigenvalue weighted by molar-refractivity contribution is 7.99. The molecule has 2 aromatic rings. The highest BCUT2D eigenvalue weighted by Gasteiger charge is 2.28. The van der Waals surface area contributed by atoms with Crippen molar-refractivity contribution in [3.63, 3.8) is 0 Å². The van der Waals surface area contributed by atoms with Crippen molar-refractivity contribution in [3.8, 4) is 5.75 Å². The fourth-order valence-corrected chi connectivity index (χ4v) is 5.13. The van der Waals surface area contributed by atoms with Crippen molar-refractivity contribution in [1.29, 1.82) is 0 Å². The van der Waals surface area contributed by atoms with Gasteiger partial charge in [0, 0.05) is 30.3 Å². The van der Waals surface area contributed by atoms with Crippen molar-refractivity contribution < 1.29 is 22.7 Å². The van der Waals surface area contributed by atoms with E-state index in [9.17, 15) is 13.2 Å². The van der Waals surface area contributed by atoms with Gasteiger partial charge >= 0.3 is 0 Å². The number of hydrogen-bond donors (Lipinski definition) is 1. The summed E-state index contributed by atoms with van der Waals surface area (Å²) in [5.74, 6) is 0.665. The van der Waals surface area contributed by atoms with Crippen LogP contribution < -0.4 is 10.1 Å². The van der Waals surface area contributed by atoms with Gasteiger partial charge in [0.2, 0.25) is 10.0 Å². The summed E-state index contributed by atoms with van der Waals surface area (Å²) < 4.78 is 37.6. The fourth-order valence-electron chi connectivity index (χ4n) is 2.91. The van der Waals surface area contributed by atoms with Crippen LogP contribution in [0.5, 0.6) is 5.75 Å². The van der Waals surface area contributed by atoms with Gasteiger partial charge in [-0.15, -0.1) is 11.8 Å². The van der Waals surface area contributed by atoms with E-state index in [1.165, 1.54) is 29.6 Å². The normalized spacial score (nSPS) is 15.1. The van der Waals surface area contributed by atoms with E-state index in [0.29, 0.717) is 44.4 Å². The molecule has 0 atom stereocenters. The van der Waals surface area contributed by atoms with Gasteiger partial charge in [0.15, 0.2) is 0 Å². The lowest BCUT2D eigenvalue weighted by Crippen LogP contribution is -2.40. The Morgan fingerprint density at radius 2 is 1.90 bits per heavy atom. The zero-order chi connectivity index (χ0) is 20.7. The standard InChI is InChI=1S/C20H24N2O5S2/c1-26-19-8-7-17(29(24,25)22-10-12-27-13-11-22)15-18(19)20(23)21-9-14-28-16-5-3-2-4-6-16/h2-8,15H,9-14H2,1H3,(H,21,23). The van der Waals surface area contributed by atoms with Gasteiger partial charge in [0.25, 0.3) is 5.91 Å². The number of nitrogens with one attached hydrogen (secondary N) is 1. The number of methoxy groups -OCH3 is 1. The summed E-state index contributed by atoms with van der Waals surface area (Å²) in [4.78, 5) is 13.9. The van der Waals surface area contributed by atoms with Crippen molar-refractivity contribution in [2.45, 2.75) is 9.79 Å². The number of carbonyl (C=O) groups is 1. The Morgan fingerprint density at radius 1 is 1.17 bits per heavy atom. The van der Waals surface area contributed by atoms with Crippen LogP contribution in [0.2, 0.25) is 0 Å². The molecule has 156 valence electrons. The Labute approximate surface area is 175 Å². The quantitative estimate of drug-likeness (QED) is 0.505. The van der Waals surface area contributed by atoms with Crippen LogP contribution in [0.15, 0.2) is 58.3 Å². The number of morpholine rings is 1. The molecule has 29 heavy (non-hydrogen) atoms. The Morgan fingerprint density at radius 3 is 2.59 bits per heavy atom. The van der Waals surface area contributed by atoms with E-state index in [2.05, 4.69) is 5.32 Å². The second-order valence-corrected chi connectivity index (χ2v) is 9.40. The smallest absolute Gasteiger partial charge is 0.255 e. The molecule has 0 aromatic heterocycles. The maximum atomic E-state index is 12.9. The first kappa shape index (κ1) is 21.6. The average Bonchev–Trinajstić information content (AvgIpc) is 2.77. The van der Waals surface area contributed by atoms with Gasteiger partial charge in [-0.2, -0.15) is 4.31 Å².